The molecule has 0 spiro atoms. The molecule has 1 N–H and O–H groups in total. The molecule has 9 heteroatoms. The fourth-order valence-electron chi connectivity index (χ4n) is 2.57. The van der Waals surface area contributed by atoms with Crippen LogP contribution >= 0.6 is 0 Å². The molecule has 1 atom stereocenters. The van der Waals surface area contributed by atoms with E-state index >= 15 is 0 Å². The van der Waals surface area contributed by atoms with Crippen LogP contribution in [0.5, 0.6) is 0 Å². The van der Waals surface area contributed by atoms with Gasteiger partial charge in [0, 0.05) is 6.42 Å². The van der Waals surface area contributed by atoms with Crippen molar-refractivity contribution >= 4 is 11.7 Å². The summed E-state index contributed by atoms with van der Waals surface area (Å²) in [5, 5.41) is 6.08. The van der Waals surface area contributed by atoms with Gasteiger partial charge in [-0.05, 0) is 17.6 Å². The highest BCUT2D eigenvalue weighted by Crippen LogP contribution is 2.30. The van der Waals surface area contributed by atoms with Gasteiger partial charge in [-0.2, -0.15) is 8.78 Å². The number of rotatable bonds is 9. The van der Waals surface area contributed by atoms with E-state index in [1.54, 1.807) is 30.3 Å². The lowest BCUT2D eigenvalue weighted by Gasteiger charge is -2.16. The molecule has 0 aliphatic heterocycles. The molecule has 2 rings (SSSR count). The number of carbonyl (C=O) groups excluding carboxylic acids is 1. The topological polar surface area (TPSA) is 59.9 Å². The smallest absolute Gasteiger partial charge is 0.387 e. The molecule has 1 aliphatic rings. The van der Waals surface area contributed by atoms with Gasteiger partial charge in [0.2, 0.25) is 5.91 Å². The first kappa shape index (κ1) is 24.2. The number of amides is 1. The summed E-state index contributed by atoms with van der Waals surface area (Å²) >= 11 is 0. The second-order valence-corrected chi connectivity index (χ2v) is 6.90. The van der Waals surface area contributed by atoms with E-state index in [1.165, 1.54) is 0 Å². The van der Waals surface area contributed by atoms with Crippen LogP contribution in [0.2, 0.25) is 0 Å². The normalized spacial score (nSPS) is 15.8. The number of hydrogen-bond acceptors (Lipinski definition) is 4. The van der Waals surface area contributed by atoms with Crippen LogP contribution in [0, 0.1) is 5.92 Å². The fourth-order valence-corrected chi connectivity index (χ4v) is 2.57. The molecule has 1 aromatic rings. The molecule has 1 aromatic carbocycles. The third-order valence-corrected chi connectivity index (χ3v) is 4.42. The van der Waals surface area contributed by atoms with Crippen LogP contribution in [-0.2, 0) is 20.8 Å². The molecule has 168 valence electrons. The molecule has 31 heavy (non-hydrogen) atoms. The molecule has 0 aromatic heterocycles. The third-order valence-electron chi connectivity index (χ3n) is 4.42. The van der Waals surface area contributed by atoms with Crippen molar-refractivity contribution < 1.29 is 31.9 Å². The lowest BCUT2D eigenvalue weighted by atomic mass is 10.1. The first-order valence-corrected chi connectivity index (χ1v) is 9.76. The van der Waals surface area contributed by atoms with Crippen LogP contribution in [0.1, 0.15) is 32.3 Å². The van der Waals surface area contributed by atoms with Crippen molar-refractivity contribution in [3.05, 3.63) is 71.0 Å². The lowest BCUT2D eigenvalue weighted by Crippen LogP contribution is -2.34. The standard InChI is InChI=1S/C22H24F4N2O3/c1-3-14(2)13-30-28-21(27-18(29)12-15-8-5-4-6-9-15)19-17(31-22(25)26)11-7-10-16(23)20(19)24/h4-10,14,22H,3,11-13H2,1-2H3,(H,27,28,29). The maximum atomic E-state index is 14.8. The molecule has 1 amide bonds. The van der Waals surface area contributed by atoms with Crippen LogP contribution in [0.4, 0.5) is 17.6 Å². The van der Waals surface area contributed by atoms with Crippen LogP contribution in [-0.4, -0.2) is 25.0 Å². The quantitative estimate of drug-likeness (QED) is 0.245. The molecule has 5 nitrogen and oxygen atoms in total. The Bertz CT molecular complexity index is 880. The summed E-state index contributed by atoms with van der Waals surface area (Å²) in [7, 11) is 0. The summed E-state index contributed by atoms with van der Waals surface area (Å²) in [5.74, 6) is -4.46. The van der Waals surface area contributed by atoms with Gasteiger partial charge in [0.1, 0.15) is 12.4 Å². The highest BCUT2D eigenvalue weighted by atomic mass is 19.3. The SMILES string of the molecule is CCC(C)CO/N=C(\NC(=O)Cc1ccccc1)C1=C(OC(F)F)CC=CC(F)=C1F. The Morgan fingerprint density at radius 1 is 1.23 bits per heavy atom. The molecule has 1 aliphatic carbocycles. The van der Waals surface area contributed by atoms with Crippen molar-refractivity contribution in [2.75, 3.05) is 6.61 Å². The average molecular weight is 440 g/mol. The predicted molar refractivity (Wildman–Crippen MR) is 108 cm³/mol. The van der Waals surface area contributed by atoms with Gasteiger partial charge < -0.3 is 14.9 Å². The zero-order valence-electron chi connectivity index (χ0n) is 17.2. The number of nitrogens with one attached hydrogen (secondary N) is 1. The molecule has 0 fully saturated rings. The van der Waals surface area contributed by atoms with E-state index in [4.69, 9.17) is 4.84 Å². The number of hydrogen-bond donors (Lipinski definition) is 1. The number of amidine groups is 1. The van der Waals surface area contributed by atoms with E-state index in [0.717, 1.165) is 18.6 Å². The van der Waals surface area contributed by atoms with Crippen molar-refractivity contribution in [1.29, 1.82) is 0 Å². The maximum Gasteiger partial charge on any atom is 0.387 e. The van der Waals surface area contributed by atoms with E-state index in [1.807, 2.05) is 13.8 Å². The van der Waals surface area contributed by atoms with Crippen molar-refractivity contribution in [3.63, 3.8) is 0 Å². The largest absolute Gasteiger partial charge is 0.438 e. The number of nitrogens with zero attached hydrogens (tertiary/aromatic N) is 1. The van der Waals surface area contributed by atoms with E-state index in [2.05, 4.69) is 15.2 Å². The number of alkyl halides is 2. The van der Waals surface area contributed by atoms with Gasteiger partial charge in [0.15, 0.2) is 17.5 Å². The molecule has 1 unspecified atom stereocenters. The monoisotopic (exact) mass is 440 g/mol. The van der Waals surface area contributed by atoms with Gasteiger partial charge in [-0.25, -0.2) is 8.78 Å². The average Bonchev–Trinajstić information content (AvgIpc) is 2.86. The van der Waals surface area contributed by atoms with E-state index in [9.17, 15) is 22.4 Å². The molecule has 0 saturated heterocycles. The van der Waals surface area contributed by atoms with E-state index in [-0.39, 0.29) is 25.4 Å². The van der Waals surface area contributed by atoms with E-state index < -0.39 is 41.3 Å². The summed E-state index contributed by atoms with van der Waals surface area (Å²) in [6.07, 6.45) is 2.25. The number of benzene rings is 1. The number of carbonyl (C=O) groups is 1. The highest BCUT2D eigenvalue weighted by Gasteiger charge is 2.28. The van der Waals surface area contributed by atoms with Crippen molar-refractivity contribution in [2.24, 2.45) is 11.1 Å². The minimum Gasteiger partial charge on any atom is -0.438 e. The van der Waals surface area contributed by atoms with Gasteiger partial charge in [0.25, 0.3) is 0 Å². The summed E-state index contributed by atoms with van der Waals surface area (Å²) < 4.78 is 59.0. The van der Waals surface area contributed by atoms with Crippen LogP contribution in [0.25, 0.3) is 0 Å². The van der Waals surface area contributed by atoms with Crippen molar-refractivity contribution in [1.82, 2.24) is 5.32 Å². The van der Waals surface area contributed by atoms with Crippen LogP contribution < -0.4 is 5.32 Å². The Kier molecular flexibility index (Phi) is 9.30. The van der Waals surface area contributed by atoms with E-state index in [0.29, 0.717) is 5.56 Å². The summed E-state index contributed by atoms with van der Waals surface area (Å²) in [6, 6.07) is 8.65. The molecule has 0 heterocycles. The third kappa shape index (κ3) is 7.58. The van der Waals surface area contributed by atoms with Gasteiger partial charge in [-0.3, -0.25) is 4.79 Å². The fraction of sp³-hybridized carbons (Fsp3) is 0.364. The number of oxime groups is 1. The van der Waals surface area contributed by atoms with Crippen LogP contribution in [0.3, 0.4) is 0 Å². The highest BCUT2D eigenvalue weighted by molar-refractivity contribution is 6.10. The second kappa shape index (κ2) is 11.9. The number of ether oxygens (including phenoxy) is 1. The molecular formula is C22H24F4N2O3. The first-order chi connectivity index (χ1) is 14.8. The van der Waals surface area contributed by atoms with Crippen molar-refractivity contribution in [2.45, 2.75) is 39.7 Å². The Balaban J connectivity index is 2.40. The maximum absolute atomic E-state index is 14.8. The van der Waals surface area contributed by atoms with Gasteiger partial charge >= 0.3 is 6.61 Å². The Hall–Kier alpha value is -3.10. The zero-order valence-corrected chi connectivity index (χ0v) is 17.2. The summed E-state index contributed by atoms with van der Waals surface area (Å²) in [4.78, 5) is 17.7. The molecule has 0 radical (unpaired) electrons. The van der Waals surface area contributed by atoms with Gasteiger partial charge in [0.05, 0.1) is 12.0 Å². The minimum absolute atomic E-state index is 0.0868. The second-order valence-electron chi connectivity index (χ2n) is 6.90. The molecule has 0 bridgehead atoms. The molecular weight excluding hydrogens is 416 g/mol. The number of halogens is 4. The lowest BCUT2D eigenvalue weighted by molar-refractivity contribution is -0.119. The predicted octanol–water partition coefficient (Wildman–Crippen LogP) is 5.33. The Labute approximate surface area is 178 Å². The Morgan fingerprint density at radius 3 is 2.58 bits per heavy atom. The Morgan fingerprint density at radius 2 is 1.94 bits per heavy atom. The van der Waals surface area contributed by atoms with Crippen molar-refractivity contribution in [3.8, 4) is 0 Å². The van der Waals surface area contributed by atoms with Crippen LogP contribution in [0.15, 0.2) is 70.6 Å². The zero-order chi connectivity index (χ0) is 22.8. The van der Waals surface area contributed by atoms with Gasteiger partial charge in [-0.15, -0.1) is 0 Å². The minimum atomic E-state index is -3.28. The van der Waals surface area contributed by atoms with Gasteiger partial charge in [-0.1, -0.05) is 61.8 Å². The first-order valence-electron chi connectivity index (χ1n) is 9.76. The molecule has 0 saturated carbocycles. The summed E-state index contributed by atoms with van der Waals surface area (Å²) in [5.41, 5.74) is -0.0732. The summed E-state index contributed by atoms with van der Waals surface area (Å²) in [6.45, 7) is 0.642. The number of allylic oxidation sites excluding steroid dienone is 3.